The normalized spacial score (nSPS) is 13.6. The molecule has 1 aliphatic rings. The van der Waals surface area contributed by atoms with Gasteiger partial charge in [-0.05, 0) is 48.2 Å². The molecule has 0 bridgehead atoms. The maximum absolute atomic E-state index is 12.4. The molecule has 1 saturated heterocycles. The fourth-order valence-electron chi connectivity index (χ4n) is 3.18. The Labute approximate surface area is 158 Å². The zero-order chi connectivity index (χ0) is 19.2. The Balaban J connectivity index is 1.56. The van der Waals surface area contributed by atoms with E-state index in [1.54, 1.807) is 18.2 Å². The van der Waals surface area contributed by atoms with E-state index in [0.717, 1.165) is 30.5 Å². The van der Waals surface area contributed by atoms with Crippen molar-refractivity contribution in [2.24, 2.45) is 5.73 Å². The van der Waals surface area contributed by atoms with Crippen LogP contribution in [0.5, 0.6) is 0 Å². The Hall–Kier alpha value is -3.15. The van der Waals surface area contributed by atoms with Crippen LogP contribution in [0.4, 0.5) is 0 Å². The first-order valence-corrected chi connectivity index (χ1v) is 9.11. The molecule has 1 fully saturated rings. The van der Waals surface area contributed by atoms with Crippen molar-refractivity contribution in [2.45, 2.75) is 19.3 Å². The molecule has 0 unspecified atom stereocenters. The van der Waals surface area contributed by atoms with Crippen molar-refractivity contribution in [3.63, 3.8) is 0 Å². The largest absolute Gasteiger partial charge is 0.366 e. The Morgan fingerprint density at radius 1 is 1.04 bits per heavy atom. The van der Waals surface area contributed by atoms with Gasteiger partial charge in [0.25, 0.3) is 5.91 Å². The van der Waals surface area contributed by atoms with E-state index in [-0.39, 0.29) is 11.8 Å². The summed E-state index contributed by atoms with van der Waals surface area (Å²) in [5.74, 6) is -0.403. The van der Waals surface area contributed by atoms with Crippen LogP contribution in [0.3, 0.4) is 0 Å². The van der Waals surface area contributed by atoms with Gasteiger partial charge in [-0.3, -0.25) is 14.4 Å². The highest BCUT2D eigenvalue weighted by atomic mass is 16.2. The van der Waals surface area contributed by atoms with Crippen molar-refractivity contribution in [1.82, 2.24) is 10.2 Å². The maximum atomic E-state index is 12.4. The van der Waals surface area contributed by atoms with E-state index >= 15 is 0 Å². The molecule has 0 aromatic heterocycles. The molecule has 0 atom stereocenters. The molecule has 0 saturated carbocycles. The van der Waals surface area contributed by atoms with Gasteiger partial charge in [-0.2, -0.15) is 0 Å². The molecule has 3 amide bonds. The molecule has 27 heavy (non-hydrogen) atoms. The first kappa shape index (κ1) is 18.6. The first-order valence-electron chi connectivity index (χ1n) is 9.11. The quantitative estimate of drug-likeness (QED) is 0.737. The Bertz CT molecular complexity index is 846. The smallest absolute Gasteiger partial charge is 0.251 e. The van der Waals surface area contributed by atoms with E-state index in [4.69, 9.17) is 5.73 Å². The molecular weight excluding hydrogens is 342 g/mol. The summed E-state index contributed by atoms with van der Waals surface area (Å²) in [6.07, 6.45) is 2.31. The summed E-state index contributed by atoms with van der Waals surface area (Å²) >= 11 is 0. The van der Waals surface area contributed by atoms with Gasteiger partial charge in [0.1, 0.15) is 0 Å². The molecule has 2 aromatic rings. The molecule has 0 spiro atoms. The van der Waals surface area contributed by atoms with E-state index in [0.29, 0.717) is 30.6 Å². The molecule has 1 aliphatic heterocycles. The number of carbonyl (C=O) groups excluding carboxylic acids is 3. The Kier molecular flexibility index (Phi) is 5.86. The van der Waals surface area contributed by atoms with Crippen LogP contribution in [0, 0.1) is 0 Å². The van der Waals surface area contributed by atoms with Crippen molar-refractivity contribution in [1.29, 1.82) is 0 Å². The molecular formula is C21H23N3O3. The molecule has 3 N–H and O–H groups in total. The van der Waals surface area contributed by atoms with Crippen LogP contribution >= 0.6 is 0 Å². The van der Waals surface area contributed by atoms with Gasteiger partial charge in [0.05, 0.1) is 0 Å². The highest BCUT2D eigenvalue weighted by molar-refractivity contribution is 5.96. The molecule has 6 nitrogen and oxygen atoms in total. The maximum Gasteiger partial charge on any atom is 0.251 e. The molecule has 140 valence electrons. The number of likely N-dealkylation sites (tertiary alicyclic amines) is 1. The highest BCUT2D eigenvalue weighted by Crippen LogP contribution is 2.21. The number of rotatable bonds is 7. The van der Waals surface area contributed by atoms with Crippen LogP contribution in [-0.4, -0.2) is 42.3 Å². The van der Waals surface area contributed by atoms with Gasteiger partial charge in [0.2, 0.25) is 11.8 Å². The van der Waals surface area contributed by atoms with Gasteiger partial charge in [0.15, 0.2) is 0 Å². The SMILES string of the molecule is NC(=O)c1ccc(-c2cccc(C(=O)NCCCN3CCCC3=O)c2)cc1. The summed E-state index contributed by atoms with van der Waals surface area (Å²) in [4.78, 5) is 37.0. The summed E-state index contributed by atoms with van der Waals surface area (Å²) in [5.41, 5.74) is 8.07. The third kappa shape index (κ3) is 4.73. The Morgan fingerprint density at radius 3 is 2.48 bits per heavy atom. The zero-order valence-electron chi connectivity index (χ0n) is 15.1. The van der Waals surface area contributed by atoms with E-state index < -0.39 is 5.91 Å². The minimum Gasteiger partial charge on any atom is -0.366 e. The second-order valence-electron chi connectivity index (χ2n) is 6.62. The minimum absolute atomic E-state index is 0.140. The van der Waals surface area contributed by atoms with E-state index in [9.17, 15) is 14.4 Å². The lowest BCUT2D eigenvalue weighted by molar-refractivity contribution is -0.127. The number of nitrogens with one attached hydrogen (secondary N) is 1. The third-order valence-corrected chi connectivity index (χ3v) is 4.69. The first-order chi connectivity index (χ1) is 13.0. The van der Waals surface area contributed by atoms with E-state index in [1.807, 2.05) is 35.2 Å². The minimum atomic E-state index is -0.467. The average molecular weight is 365 g/mol. The zero-order valence-corrected chi connectivity index (χ0v) is 15.1. The highest BCUT2D eigenvalue weighted by Gasteiger charge is 2.19. The third-order valence-electron chi connectivity index (χ3n) is 4.69. The van der Waals surface area contributed by atoms with Crippen molar-refractivity contribution in [3.05, 3.63) is 59.7 Å². The van der Waals surface area contributed by atoms with Gasteiger partial charge in [0, 0.05) is 37.2 Å². The average Bonchev–Trinajstić information content (AvgIpc) is 3.10. The molecule has 2 aromatic carbocycles. The van der Waals surface area contributed by atoms with Crippen molar-refractivity contribution < 1.29 is 14.4 Å². The predicted octanol–water partition coefficient (Wildman–Crippen LogP) is 2.19. The number of amides is 3. The van der Waals surface area contributed by atoms with Crippen LogP contribution < -0.4 is 11.1 Å². The number of benzene rings is 2. The lowest BCUT2D eigenvalue weighted by Crippen LogP contribution is -2.30. The fraction of sp³-hybridized carbons (Fsp3) is 0.286. The number of hydrogen-bond acceptors (Lipinski definition) is 3. The number of nitrogens with zero attached hydrogens (tertiary/aromatic N) is 1. The lowest BCUT2D eigenvalue weighted by Gasteiger charge is -2.15. The molecule has 3 rings (SSSR count). The van der Waals surface area contributed by atoms with E-state index in [2.05, 4.69) is 5.32 Å². The van der Waals surface area contributed by atoms with Crippen LogP contribution in [0.15, 0.2) is 48.5 Å². The van der Waals surface area contributed by atoms with Crippen LogP contribution in [0.1, 0.15) is 40.0 Å². The van der Waals surface area contributed by atoms with Gasteiger partial charge in [-0.25, -0.2) is 0 Å². The topological polar surface area (TPSA) is 92.5 Å². The second-order valence-corrected chi connectivity index (χ2v) is 6.62. The molecule has 1 heterocycles. The predicted molar refractivity (Wildman–Crippen MR) is 103 cm³/mol. The lowest BCUT2D eigenvalue weighted by atomic mass is 10.0. The number of nitrogens with two attached hydrogens (primary N) is 1. The summed E-state index contributed by atoms with van der Waals surface area (Å²) < 4.78 is 0. The molecule has 6 heteroatoms. The van der Waals surface area contributed by atoms with Crippen LogP contribution in [-0.2, 0) is 4.79 Å². The van der Waals surface area contributed by atoms with E-state index in [1.165, 1.54) is 0 Å². The summed E-state index contributed by atoms with van der Waals surface area (Å²) in [6.45, 7) is 2.04. The fourth-order valence-corrected chi connectivity index (χ4v) is 3.18. The number of hydrogen-bond donors (Lipinski definition) is 2. The van der Waals surface area contributed by atoms with Crippen molar-refractivity contribution in [2.75, 3.05) is 19.6 Å². The monoisotopic (exact) mass is 365 g/mol. The van der Waals surface area contributed by atoms with Gasteiger partial charge in [-0.15, -0.1) is 0 Å². The number of carbonyl (C=O) groups is 3. The summed E-state index contributed by atoms with van der Waals surface area (Å²) in [5, 5.41) is 2.90. The van der Waals surface area contributed by atoms with Crippen LogP contribution in [0.2, 0.25) is 0 Å². The molecule has 0 radical (unpaired) electrons. The second kappa shape index (κ2) is 8.49. The van der Waals surface area contributed by atoms with Crippen LogP contribution in [0.25, 0.3) is 11.1 Å². The molecule has 0 aliphatic carbocycles. The summed E-state index contributed by atoms with van der Waals surface area (Å²) in [7, 11) is 0. The van der Waals surface area contributed by atoms with Gasteiger partial charge in [-0.1, -0.05) is 24.3 Å². The van der Waals surface area contributed by atoms with Gasteiger partial charge >= 0.3 is 0 Å². The standard InChI is InChI=1S/C21H23N3O3/c22-20(26)16-9-7-15(8-10-16)17-4-1-5-18(14-17)21(27)23-11-3-13-24-12-2-6-19(24)25/h1,4-5,7-10,14H,2-3,6,11-13H2,(H2,22,26)(H,23,27). The summed E-state index contributed by atoms with van der Waals surface area (Å²) in [6, 6.07) is 14.3. The van der Waals surface area contributed by atoms with Crippen molar-refractivity contribution in [3.8, 4) is 11.1 Å². The van der Waals surface area contributed by atoms with Gasteiger partial charge < -0.3 is 16.0 Å². The Morgan fingerprint density at radius 2 is 1.81 bits per heavy atom. The van der Waals surface area contributed by atoms with Crippen molar-refractivity contribution >= 4 is 17.7 Å². The number of primary amides is 1.